The molecule has 0 radical (unpaired) electrons. The lowest BCUT2D eigenvalue weighted by Gasteiger charge is -1.98. The highest BCUT2D eigenvalue weighted by Crippen LogP contribution is 2.13. The second-order valence-corrected chi connectivity index (χ2v) is 3.96. The van der Waals surface area contributed by atoms with Crippen molar-refractivity contribution < 1.29 is 14.3 Å². The van der Waals surface area contributed by atoms with Gasteiger partial charge in [-0.15, -0.1) is 0 Å². The van der Waals surface area contributed by atoms with Gasteiger partial charge in [0.2, 0.25) is 11.7 Å². The predicted octanol–water partition coefficient (Wildman–Crippen LogP) is 2.06. The Labute approximate surface area is 112 Å². The summed E-state index contributed by atoms with van der Waals surface area (Å²) in [5.41, 5.74) is 3.96. The first kappa shape index (κ1) is 12.0. The molecular formula is C13H10N4O3. The molecule has 0 saturated carbocycles. The summed E-state index contributed by atoms with van der Waals surface area (Å²) in [7, 11) is 0. The standard InChI is InChI=1S/C13H10N4O3/c18-12(19)11(10-6-3-7-20-10)16-17-13-14-8-4-1-2-5-9(8)15-13/h1-7H,(H,18,19)(H2,14,15,17)/b16-11-. The molecule has 100 valence electrons. The number of carboxylic acid groups (broad SMARTS) is 1. The fraction of sp³-hybridized carbons (Fsp3) is 0. The lowest BCUT2D eigenvalue weighted by Crippen LogP contribution is -2.15. The summed E-state index contributed by atoms with van der Waals surface area (Å²) in [4.78, 5) is 18.3. The van der Waals surface area contributed by atoms with E-state index in [9.17, 15) is 4.79 Å². The molecular weight excluding hydrogens is 260 g/mol. The number of aromatic amines is 1. The number of aromatic nitrogens is 2. The van der Waals surface area contributed by atoms with Crippen LogP contribution in [0.4, 0.5) is 5.95 Å². The summed E-state index contributed by atoms with van der Waals surface area (Å²) in [5.74, 6) is -0.666. The van der Waals surface area contributed by atoms with Crippen molar-refractivity contribution in [2.45, 2.75) is 0 Å². The monoisotopic (exact) mass is 270 g/mol. The summed E-state index contributed by atoms with van der Waals surface area (Å²) in [6.45, 7) is 0. The average Bonchev–Trinajstić information content (AvgIpc) is 3.06. The fourth-order valence-corrected chi connectivity index (χ4v) is 1.74. The first-order chi connectivity index (χ1) is 9.74. The molecule has 2 heterocycles. The van der Waals surface area contributed by atoms with Gasteiger partial charge in [-0.2, -0.15) is 5.10 Å². The average molecular weight is 270 g/mol. The van der Waals surface area contributed by atoms with E-state index in [1.54, 1.807) is 6.07 Å². The van der Waals surface area contributed by atoms with Crippen molar-refractivity contribution >= 4 is 28.7 Å². The molecule has 0 amide bonds. The predicted molar refractivity (Wildman–Crippen MR) is 72.6 cm³/mol. The van der Waals surface area contributed by atoms with Crippen LogP contribution in [0.5, 0.6) is 0 Å². The Balaban J connectivity index is 1.89. The van der Waals surface area contributed by atoms with Crippen LogP contribution in [0.1, 0.15) is 5.76 Å². The topological polar surface area (TPSA) is 104 Å². The molecule has 0 saturated heterocycles. The van der Waals surface area contributed by atoms with Gasteiger partial charge in [0.05, 0.1) is 17.3 Å². The Morgan fingerprint density at radius 1 is 1.30 bits per heavy atom. The molecule has 0 aliphatic rings. The zero-order valence-electron chi connectivity index (χ0n) is 10.2. The van der Waals surface area contributed by atoms with E-state index in [0.29, 0.717) is 5.95 Å². The number of furan rings is 1. The maximum Gasteiger partial charge on any atom is 0.360 e. The molecule has 0 spiro atoms. The van der Waals surface area contributed by atoms with Gasteiger partial charge in [-0.1, -0.05) is 12.1 Å². The summed E-state index contributed by atoms with van der Waals surface area (Å²) >= 11 is 0. The molecule has 0 aliphatic carbocycles. The molecule has 2 aromatic heterocycles. The van der Waals surface area contributed by atoms with Crippen LogP contribution in [0.25, 0.3) is 11.0 Å². The SMILES string of the molecule is O=C(O)/C(=N\Nc1nc2ccccc2[nH]1)c1ccco1. The summed E-state index contributed by atoms with van der Waals surface area (Å²) in [6, 6.07) is 10.6. The van der Waals surface area contributed by atoms with Crippen molar-refractivity contribution in [1.29, 1.82) is 0 Å². The van der Waals surface area contributed by atoms with E-state index in [4.69, 9.17) is 9.52 Å². The third-order valence-electron chi connectivity index (χ3n) is 2.62. The number of imidazole rings is 1. The van der Waals surface area contributed by atoms with Gasteiger partial charge in [-0.05, 0) is 24.3 Å². The van der Waals surface area contributed by atoms with E-state index >= 15 is 0 Å². The molecule has 3 N–H and O–H groups in total. The van der Waals surface area contributed by atoms with Crippen molar-refractivity contribution in [3.05, 3.63) is 48.4 Å². The van der Waals surface area contributed by atoms with Crippen LogP contribution in [0.3, 0.4) is 0 Å². The van der Waals surface area contributed by atoms with Crippen LogP contribution in [0.15, 0.2) is 52.2 Å². The number of fused-ring (bicyclic) bond motifs is 1. The number of hydrogen-bond donors (Lipinski definition) is 3. The van der Waals surface area contributed by atoms with Gasteiger partial charge in [0.25, 0.3) is 0 Å². The van der Waals surface area contributed by atoms with Crippen LogP contribution in [-0.4, -0.2) is 26.8 Å². The molecule has 1 aromatic carbocycles. The Bertz CT molecular complexity index is 741. The number of rotatable bonds is 4. The van der Waals surface area contributed by atoms with E-state index in [1.807, 2.05) is 24.3 Å². The Morgan fingerprint density at radius 2 is 2.15 bits per heavy atom. The van der Waals surface area contributed by atoms with Crippen molar-refractivity contribution in [3.8, 4) is 0 Å². The zero-order chi connectivity index (χ0) is 13.9. The quantitative estimate of drug-likeness (QED) is 0.497. The number of hydrazone groups is 1. The summed E-state index contributed by atoms with van der Waals surface area (Å²) in [6.07, 6.45) is 1.38. The van der Waals surface area contributed by atoms with E-state index < -0.39 is 5.97 Å². The minimum atomic E-state index is -1.19. The van der Waals surface area contributed by atoms with Gasteiger partial charge in [0.15, 0.2) is 5.76 Å². The Morgan fingerprint density at radius 3 is 2.85 bits per heavy atom. The number of carbonyl (C=O) groups is 1. The molecule has 3 aromatic rings. The summed E-state index contributed by atoms with van der Waals surface area (Å²) in [5, 5.41) is 12.9. The number of anilines is 1. The molecule has 0 aliphatic heterocycles. The molecule has 7 nitrogen and oxygen atoms in total. The molecule has 20 heavy (non-hydrogen) atoms. The van der Waals surface area contributed by atoms with Gasteiger partial charge in [0, 0.05) is 0 Å². The zero-order valence-corrected chi connectivity index (χ0v) is 10.2. The highest BCUT2D eigenvalue weighted by molar-refractivity contribution is 6.41. The number of nitrogens with zero attached hydrogens (tertiary/aromatic N) is 2. The number of nitrogens with one attached hydrogen (secondary N) is 2. The number of hydrogen-bond acceptors (Lipinski definition) is 5. The molecule has 0 atom stereocenters. The minimum absolute atomic E-state index is 0.168. The van der Waals surface area contributed by atoms with Crippen molar-refractivity contribution in [1.82, 2.24) is 9.97 Å². The van der Waals surface area contributed by atoms with Gasteiger partial charge in [0.1, 0.15) is 0 Å². The third-order valence-corrected chi connectivity index (χ3v) is 2.62. The number of carboxylic acids is 1. The second-order valence-electron chi connectivity index (χ2n) is 3.96. The van der Waals surface area contributed by atoms with E-state index in [-0.39, 0.29) is 11.5 Å². The number of aliphatic carboxylic acids is 1. The maximum atomic E-state index is 11.1. The van der Waals surface area contributed by atoms with Gasteiger partial charge in [-0.25, -0.2) is 15.2 Å². The number of benzene rings is 1. The fourth-order valence-electron chi connectivity index (χ4n) is 1.74. The minimum Gasteiger partial charge on any atom is -0.476 e. The highest BCUT2D eigenvalue weighted by atomic mass is 16.4. The molecule has 0 bridgehead atoms. The van der Waals surface area contributed by atoms with E-state index in [2.05, 4.69) is 20.5 Å². The van der Waals surface area contributed by atoms with Crippen molar-refractivity contribution in [2.75, 3.05) is 5.43 Å². The molecule has 0 fully saturated rings. The van der Waals surface area contributed by atoms with Gasteiger partial charge >= 0.3 is 5.97 Å². The van der Waals surface area contributed by atoms with Crippen LogP contribution in [0.2, 0.25) is 0 Å². The maximum absolute atomic E-state index is 11.1. The van der Waals surface area contributed by atoms with Crippen LogP contribution in [0, 0.1) is 0 Å². The van der Waals surface area contributed by atoms with Gasteiger partial charge < -0.3 is 14.5 Å². The Kier molecular flexibility index (Phi) is 2.92. The van der Waals surface area contributed by atoms with E-state index in [1.165, 1.54) is 12.3 Å². The van der Waals surface area contributed by atoms with Crippen LogP contribution >= 0.6 is 0 Å². The lowest BCUT2D eigenvalue weighted by molar-refractivity contribution is -0.129. The largest absolute Gasteiger partial charge is 0.476 e. The molecule has 7 heteroatoms. The lowest BCUT2D eigenvalue weighted by atomic mass is 10.3. The first-order valence-corrected chi connectivity index (χ1v) is 5.79. The smallest absolute Gasteiger partial charge is 0.360 e. The molecule has 0 unspecified atom stereocenters. The number of para-hydroxylation sites is 2. The van der Waals surface area contributed by atoms with Crippen LogP contribution in [-0.2, 0) is 4.79 Å². The first-order valence-electron chi connectivity index (χ1n) is 5.79. The highest BCUT2D eigenvalue weighted by Gasteiger charge is 2.15. The summed E-state index contributed by atoms with van der Waals surface area (Å²) < 4.78 is 5.02. The van der Waals surface area contributed by atoms with Gasteiger partial charge in [-0.3, -0.25) is 0 Å². The molecule has 3 rings (SSSR count). The van der Waals surface area contributed by atoms with Crippen molar-refractivity contribution in [2.24, 2.45) is 5.10 Å². The van der Waals surface area contributed by atoms with Crippen molar-refractivity contribution in [3.63, 3.8) is 0 Å². The van der Waals surface area contributed by atoms with E-state index in [0.717, 1.165) is 11.0 Å². The third kappa shape index (κ3) is 2.24. The second kappa shape index (κ2) is 4.88. The Hall–Kier alpha value is -3.09. The normalized spacial score (nSPS) is 11.7. The number of H-pyrrole nitrogens is 1. The van der Waals surface area contributed by atoms with Crippen LogP contribution < -0.4 is 5.43 Å².